The predicted molar refractivity (Wildman–Crippen MR) is 52.3 cm³/mol. The molecule has 0 aromatic heterocycles. The molecule has 0 saturated heterocycles. The van der Waals surface area contributed by atoms with E-state index in [2.05, 4.69) is 8.83 Å². The highest BCUT2D eigenvalue weighted by Crippen LogP contribution is 2.58. The molecule has 1 rings (SSSR count). The molecule has 1 saturated carbocycles. The highest BCUT2D eigenvalue weighted by Gasteiger charge is 2.36. The van der Waals surface area contributed by atoms with Crippen molar-refractivity contribution >= 4 is 15.6 Å². The Hall–Kier alpha value is 0.220. The van der Waals surface area contributed by atoms with Crippen molar-refractivity contribution in [1.29, 1.82) is 0 Å². The van der Waals surface area contributed by atoms with Crippen molar-refractivity contribution < 1.29 is 37.8 Å². The van der Waals surface area contributed by atoms with Gasteiger partial charge >= 0.3 is 15.6 Å². The summed E-state index contributed by atoms with van der Waals surface area (Å²) in [6.45, 7) is 0. The third-order valence-electron chi connectivity index (χ3n) is 2.09. The van der Waals surface area contributed by atoms with Gasteiger partial charge in [-0.25, -0.2) is 9.13 Å². The number of phosphoric acid groups is 2. The average Bonchev–Trinajstić information content (AvgIpc) is 1.96. The Morgan fingerprint density at radius 2 is 1.75 bits per heavy atom. The van der Waals surface area contributed by atoms with Gasteiger partial charge in [-0.3, -0.25) is 4.52 Å². The summed E-state index contributed by atoms with van der Waals surface area (Å²) >= 11 is 0. The third-order valence-corrected chi connectivity index (χ3v) is 4.33. The summed E-state index contributed by atoms with van der Waals surface area (Å²) in [5.74, 6) is 0. The quantitative estimate of drug-likeness (QED) is 0.546. The van der Waals surface area contributed by atoms with E-state index in [1.165, 1.54) is 0 Å². The van der Waals surface area contributed by atoms with Gasteiger partial charge in [0.2, 0.25) is 0 Å². The summed E-state index contributed by atoms with van der Waals surface area (Å²) in [6.07, 6.45) is 0.415. The summed E-state index contributed by atoms with van der Waals surface area (Å²) in [7, 11) is -9.85. The van der Waals surface area contributed by atoms with Crippen LogP contribution in [-0.4, -0.2) is 32.0 Å². The van der Waals surface area contributed by atoms with E-state index in [4.69, 9.17) is 14.7 Å². The molecule has 4 N–H and O–H groups in total. The zero-order chi connectivity index (χ0) is 12.4. The lowest BCUT2D eigenvalue weighted by Crippen LogP contribution is -2.25. The first-order valence-corrected chi connectivity index (χ1v) is 7.67. The van der Waals surface area contributed by atoms with Crippen LogP contribution in [0.4, 0.5) is 0 Å². The Kier molecular flexibility index (Phi) is 4.68. The second-order valence-electron chi connectivity index (χ2n) is 3.59. The minimum absolute atomic E-state index is 0.148. The molecule has 0 radical (unpaired) electrons. The second-order valence-corrected chi connectivity index (χ2v) is 6.37. The molecule has 1 aliphatic rings. The van der Waals surface area contributed by atoms with Gasteiger partial charge < -0.3 is 19.8 Å². The summed E-state index contributed by atoms with van der Waals surface area (Å²) in [6, 6.07) is 0. The third kappa shape index (κ3) is 5.52. The van der Waals surface area contributed by atoms with Crippen molar-refractivity contribution in [2.75, 3.05) is 0 Å². The van der Waals surface area contributed by atoms with Crippen molar-refractivity contribution in [3.05, 3.63) is 0 Å². The minimum Gasteiger partial charge on any atom is -0.393 e. The van der Waals surface area contributed by atoms with E-state index in [1.54, 1.807) is 0 Å². The fourth-order valence-electron chi connectivity index (χ4n) is 1.56. The van der Waals surface area contributed by atoms with E-state index in [-0.39, 0.29) is 6.42 Å². The normalized spacial score (nSPS) is 31.0. The molecule has 16 heavy (non-hydrogen) atoms. The highest BCUT2D eigenvalue weighted by atomic mass is 31.3. The SMILES string of the molecule is O=P(O)(O)OP(=O)(O)OC1CCCC(O)C1. The fourth-order valence-corrected chi connectivity index (χ4v) is 3.36. The van der Waals surface area contributed by atoms with E-state index in [0.717, 1.165) is 0 Å². The van der Waals surface area contributed by atoms with Gasteiger partial charge in [-0.1, -0.05) is 0 Å². The number of aliphatic hydroxyl groups excluding tert-OH is 1. The molecule has 0 aliphatic heterocycles. The average molecular weight is 276 g/mol. The van der Waals surface area contributed by atoms with Crippen LogP contribution in [-0.2, 0) is 18.0 Å². The fraction of sp³-hybridized carbons (Fsp3) is 1.00. The Morgan fingerprint density at radius 1 is 1.12 bits per heavy atom. The molecule has 0 heterocycles. The van der Waals surface area contributed by atoms with Gasteiger partial charge in [-0.2, -0.15) is 4.31 Å². The van der Waals surface area contributed by atoms with Crippen LogP contribution < -0.4 is 0 Å². The van der Waals surface area contributed by atoms with Gasteiger partial charge in [0.1, 0.15) is 0 Å². The van der Waals surface area contributed by atoms with Crippen LogP contribution in [0.15, 0.2) is 0 Å². The van der Waals surface area contributed by atoms with Gasteiger partial charge in [0, 0.05) is 6.42 Å². The molecule has 0 spiro atoms. The Morgan fingerprint density at radius 3 is 2.25 bits per heavy atom. The van der Waals surface area contributed by atoms with Crippen molar-refractivity contribution in [3.63, 3.8) is 0 Å². The zero-order valence-corrected chi connectivity index (χ0v) is 10.1. The molecule has 0 amide bonds. The van der Waals surface area contributed by atoms with E-state index >= 15 is 0 Å². The van der Waals surface area contributed by atoms with Crippen LogP contribution >= 0.6 is 15.6 Å². The monoisotopic (exact) mass is 276 g/mol. The minimum atomic E-state index is -5.07. The van der Waals surface area contributed by atoms with Gasteiger partial charge in [0.05, 0.1) is 12.2 Å². The molecular formula is C6H14O8P2. The largest absolute Gasteiger partial charge is 0.481 e. The van der Waals surface area contributed by atoms with Gasteiger partial charge in [0.15, 0.2) is 0 Å². The summed E-state index contributed by atoms with van der Waals surface area (Å²) in [4.78, 5) is 25.7. The second kappa shape index (κ2) is 5.25. The number of hydrogen-bond acceptors (Lipinski definition) is 5. The number of rotatable bonds is 4. The molecule has 0 aromatic rings. The lowest BCUT2D eigenvalue weighted by Gasteiger charge is -2.26. The number of hydrogen-bond donors (Lipinski definition) is 4. The van der Waals surface area contributed by atoms with Crippen molar-refractivity contribution in [2.45, 2.75) is 37.9 Å². The molecule has 1 fully saturated rings. The molecule has 0 aromatic carbocycles. The van der Waals surface area contributed by atoms with E-state index < -0.39 is 27.9 Å². The van der Waals surface area contributed by atoms with E-state index in [0.29, 0.717) is 19.3 Å². The van der Waals surface area contributed by atoms with Crippen LogP contribution in [0.3, 0.4) is 0 Å². The smallest absolute Gasteiger partial charge is 0.393 e. The first-order chi connectivity index (χ1) is 7.18. The predicted octanol–water partition coefficient (Wildman–Crippen LogP) is 0.516. The number of aliphatic hydroxyl groups is 1. The van der Waals surface area contributed by atoms with Crippen molar-refractivity contribution in [1.82, 2.24) is 0 Å². The van der Waals surface area contributed by atoms with E-state index in [9.17, 15) is 14.2 Å². The van der Waals surface area contributed by atoms with Crippen LogP contribution in [0.1, 0.15) is 25.7 Å². The zero-order valence-electron chi connectivity index (χ0n) is 8.30. The van der Waals surface area contributed by atoms with Crippen LogP contribution in [0.2, 0.25) is 0 Å². The molecule has 3 unspecified atom stereocenters. The molecule has 96 valence electrons. The molecule has 1 aliphatic carbocycles. The maximum Gasteiger partial charge on any atom is 0.481 e. The Bertz CT molecular complexity index is 324. The Balaban J connectivity index is 2.52. The summed E-state index contributed by atoms with van der Waals surface area (Å²) in [5, 5.41) is 9.26. The van der Waals surface area contributed by atoms with Crippen molar-refractivity contribution in [3.8, 4) is 0 Å². The molecule has 8 nitrogen and oxygen atoms in total. The first kappa shape index (κ1) is 14.3. The maximum absolute atomic E-state index is 11.1. The Labute approximate surface area is 92.1 Å². The van der Waals surface area contributed by atoms with E-state index in [1.807, 2.05) is 0 Å². The standard InChI is InChI=1S/C6H14O8P2/c7-5-2-1-3-6(4-5)13-16(11,12)14-15(8,9)10/h5-7H,1-4H2,(H,11,12)(H2,8,9,10). The number of phosphoric ester groups is 1. The molecule has 10 heteroatoms. The lowest BCUT2D eigenvalue weighted by atomic mass is 9.95. The maximum atomic E-state index is 11.1. The first-order valence-electron chi connectivity index (χ1n) is 4.64. The van der Waals surface area contributed by atoms with Crippen LogP contribution in [0.5, 0.6) is 0 Å². The van der Waals surface area contributed by atoms with Crippen LogP contribution in [0.25, 0.3) is 0 Å². The van der Waals surface area contributed by atoms with Gasteiger partial charge in [0.25, 0.3) is 0 Å². The molecular weight excluding hydrogens is 262 g/mol. The summed E-state index contributed by atoms with van der Waals surface area (Å²) < 4.78 is 29.7. The van der Waals surface area contributed by atoms with Gasteiger partial charge in [-0.05, 0) is 19.3 Å². The molecule has 3 atom stereocenters. The van der Waals surface area contributed by atoms with Gasteiger partial charge in [-0.15, -0.1) is 0 Å². The highest BCUT2D eigenvalue weighted by molar-refractivity contribution is 7.60. The topological polar surface area (TPSA) is 134 Å². The van der Waals surface area contributed by atoms with Crippen LogP contribution in [0, 0.1) is 0 Å². The summed E-state index contributed by atoms with van der Waals surface area (Å²) in [5.41, 5.74) is 0. The lowest BCUT2D eigenvalue weighted by molar-refractivity contribution is 0.0367. The van der Waals surface area contributed by atoms with Crippen molar-refractivity contribution in [2.24, 2.45) is 0 Å². The molecule has 0 bridgehead atoms.